The van der Waals surface area contributed by atoms with Crippen LogP contribution in [0, 0.1) is 13.8 Å². The van der Waals surface area contributed by atoms with E-state index in [0.29, 0.717) is 34.5 Å². The number of ether oxygens (including phenoxy) is 2. The van der Waals surface area contributed by atoms with Crippen LogP contribution in [0.4, 0.5) is 13.6 Å². The first-order valence-corrected chi connectivity index (χ1v) is 8.73. The second kappa shape index (κ2) is 8.37. The topological polar surface area (TPSA) is 67.9 Å². The Kier molecular flexibility index (Phi) is 6.41. The highest BCUT2D eigenvalue weighted by Crippen LogP contribution is 2.35. The Morgan fingerprint density at radius 3 is 2.30 bits per heavy atom. The van der Waals surface area contributed by atoms with Gasteiger partial charge in [0.05, 0.1) is 18.2 Å². The molecule has 1 aliphatic heterocycles. The van der Waals surface area contributed by atoms with Gasteiger partial charge in [-0.25, -0.2) is 9.59 Å². The van der Waals surface area contributed by atoms with E-state index in [9.17, 15) is 18.4 Å². The Bertz CT molecular complexity index is 754. The molecule has 2 rings (SSSR count). The Balaban J connectivity index is 2.56. The number of nitrogens with zero attached hydrogens (tertiary/aromatic N) is 1. The lowest BCUT2D eigenvalue weighted by Crippen LogP contribution is -2.47. The van der Waals surface area contributed by atoms with Gasteiger partial charge in [-0.05, 0) is 63.4 Å². The number of amides is 2. The van der Waals surface area contributed by atoms with E-state index in [1.54, 1.807) is 46.8 Å². The summed E-state index contributed by atoms with van der Waals surface area (Å²) in [6.45, 7) is 6.13. The van der Waals surface area contributed by atoms with Crippen molar-refractivity contribution in [3.63, 3.8) is 0 Å². The number of nitrogens with one attached hydrogen (secondary N) is 1. The number of hydrogen-bond acceptors (Lipinski definition) is 4. The zero-order valence-corrected chi connectivity index (χ0v) is 16.1. The van der Waals surface area contributed by atoms with Gasteiger partial charge in [0, 0.05) is 12.2 Å². The third kappa shape index (κ3) is 4.20. The van der Waals surface area contributed by atoms with E-state index in [0.717, 1.165) is 0 Å². The molecule has 2 amide bonds. The van der Waals surface area contributed by atoms with Crippen LogP contribution in [-0.2, 0) is 9.53 Å². The summed E-state index contributed by atoms with van der Waals surface area (Å²) in [5, 5.41) is 2.81. The number of urea groups is 1. The SMILES string of the molecule is CCOC(=O)C1=C(C)N(CC)C(=O)N[C@H]1c1cc(C)c(OC(F)F)c(C)c1. The molecule has 1 heterocycles. The molecule has 1 aromatic rings. The largest absolute Gasteiger partial charge is 0.463 e. The second-order valence-corrected chi connectivity index (χ2v) is 6.21. The predicted octanol–water partition coefficient (Wildman–Crippen LogP) is 3.83. The quantitative estimate of drug-likeness (QED) is 0.760. The number of rotatable bonds is 6. The van der Waals surface area contributed by atoms with Crippen LogP contribution >= 0.6 is 0 Å². The van der Waals surface area contributed by atoms with Gasteiger partial charge >= 0.3 is 18.6 Å². The van der Waals surface area contributed by atoms with Gasteiger partial charge in [0.1, 0.15) is 5.75 Å². The Hall–Kier alpha value is -2.64. The third-order valence-electron chi connectivity index (χ3n) is 4.43. The van der Waals surface area contributed by atoms with Gasteiger partial charge < -0.3 is 14.8 Å². The maximum atomic E-state index is 12.6. The second-order valence-electron chi connectivity index (χ2n) is 6.21. The number of halogens is 2. The molecule has 1 N–H and O–H groups in total. The van der Waals surface area contributed by atoms with Crippen LogP contribution in [0.15, 0.2) is 23.4 Å². The van der Waals surface area contributed by atoms with E-state index >= 15 is 0 Å². The Morgan fingerprint density at radius 2 is 1.81 bits per heavy atom. The summed E-state index contributed by atoms with van der Waals surface area (Å²) in [4.78, 5) is 26.4. The first-order chi connectivity index (χ1) is 12.7. The molecule has 0 spiro atoms. The van der Waals surface area contributed by atoms with Crippen LogP contribution in [-0.4, -0.2) is 36.7 Å². The zero-order chi connectivity index (χ0) is 20.3. The summed E-state index contributed by atoms with van der Waals surface area (Å²) in [6, 6.07) is 2.18. The highest BCUT2D eigenvalue weighted by atomic mass is 19.3. The highest BCUT2D eigenvalue weighted by Gasteiger charge is 2.36. The minimum absolute atomic E-state index is 0.0875. The number of esters is 1. The minimum Gasteiger partial charge on any atom is -0.463 e. The Morgan fingerprint density at radius 1 is 1.22 bits per heavy atom. The summed E-state index contributed by atoms with van der Waals surface area (Å²) in [5.41, 5.74) is 2.39. The van der Waals surface area contributed by atoms with E-state index in [4.69, 9.17) is 4.74 Å². The standard InChI is InChI=1S/C19H24F2N2O4/c1-6-23-12(5)14(17(24)26-7-2)15(22-19(23)25)13-8-10(3)16(11(4)9-13)27-18(20)21/h8-9,15,18H,6-7H2,1-5H3,(H,22,25)/t15-/m0/s1. The van der Waals surface area contributed by atoms with Gasteiger partial charge in [-0.2, -0.15) is 8.78 Å². The molecule has 0 aromatic heterocycles. The van der Waals surface area contributed by atoms with Crippen molar-refractivity contribution in [3.05, 3.63) is 40.1 Å². The molecule has 0 unspecified atom stereocenters. The number of benzene rings is 1. The summed E-state index contributed by atoms with van der Waals surface area (Å²) < 4.78 is 35.0. The smallest absolute Gasteiger partial charge is 0.387 e. The van der Waals surface area contributed by atoms with E-state index in [-0.39, 0.29) is 18.4 Å². The van der Waals surface area contributed by atoms with Gasteiger partial charge in [0.15, 0.2) is 0 Å². The van der Waals surface area contributed by atoms with Crippen LogP contribution in [0.3, 0.4) is 0 Å². The monoisotopic (exact) mass is 382 g/mol. The molecule has 6 nitrogen and oxygen atoms in total. The van der Waals surface area contributed by atoms with Crippen molar-refractivity contribution < 1.29 is 27.8 Å². The molecule has 1 aliphatic rings. The van der Waals surface area contributed by atoms with Crippen molar-refractivity contribution in [2.24, 2.45) is 0 Å². The molecule has 1 aromatic carbocycles. The minimum atomic E-state index is -2.93. The number of hydrogen-bond donors (Lipinski definition) is 1. The molecule has 27 heavy (non-hydrogen) atoms. The predicted molar refractivity (Wildman–Crippen MR) is 95.5 cm³/mol. The molecular formula is C19H24F2N2O4. The van der Waals surface area contributed by atoms with Gasteiger partial charge in [-0.15, -0.1) is 0 Å². The summed E-state index contributed by atoms with van der Waals surface area (Å²) in [5.74, 6) is -0.439. The van der Waals surface area contributed by atoms with Gasteiger partial charge in [-0.1, -0.05) is 0 Å². The normalized spacial score (nSPS) is 17.3. The molecule has 0 fully saturated rings. The highest BCUT2D eigenvalue weighted by molar-refractivity contribution is 5.95. The number of alkyl halides is 2. The maximum absolute atomic E-state index is 12.6. The van der Waals surface area contributed by atoms with E-state index < -0.39 is 18.6 Å². The first-order valence-electron chi connectivity index (χ1n) is 8.73. The lowest BCUT2D eigenvalue weighted by molar-refractivity contribution is -0.139. The van der Waals surface area contributed by atoms with E-state index in [2.05, 4.69) is 10.1 Å². The maximum Gasteiger partial charge on any atom is 0.387 e. The fourth-order valence-corrected chi connectivity index (χ4v) is 3.31. The molecule has 0 bridgehead atoms. The van der Waals surface area contributed by atoms with Crippen LogP contribution < -0.4 is 10.1 Å². The van der Waals surface area contributed by atoms with Crippen molar-refractivity contribution in [1.82, 2.24) is 10.2 Å². The number of carbonyl (C=O) groups is 2. The Labute approximate surface area is 157 Å². The molecule has 0 saturated heterocycles. The van der Waals surface area contributed by atoms with Crippen molar-refractivity contribution >= 4 is 12.0 Å². The van der Waals surface area contributed by atoms with Gasteiger partial charge in [0.2, 0.25) is 0 Å². The van der Waals surface area contributed by atoms with Gasteiger partial charge in [-0.3, -0.25) is 4.90 Å². The van der Waals surface area contributed by atoms with E-state index in [1.807, 2.05) is 0 Å². The molecule has 0 radical (unpaired) electrons. The van der Waals surface area contributed by atoms with Gasteiger partial charge in [0.25, 0.3) is 0 Å². The van der Waals surface area contributed by atoms with Crippen molar-refractivity contribution in [2.75, 3.05) is 13.2 Å². The van der Waals surface area contributed by atoms with Crippen LogP contribution in [0.5, 0.6) is 5.75 Å². The lowest BCUT2D eigenvalue weighted by Gasteiger charge is -2.35. The van der Waals surface area contributed by atoms with Crippen molar-refractivity contribution in [3.8, 4) is 5.75 Å². The average molecular weight is 382 g/mol. The fourth-order valence-electron chi connectivity index (χ4n) is 3.31. The average Bonchev–Trinajstić information content (AvgIpc) is 2.57. The first kappa shape index (κ1) is 20.7. The molecule has 1 atom stereocenters. The fraction of sp³-hybridized carbons (Fsp3) is 0.474. The number of aryl methyl sites for hydroxylation is 2. The summed E-state index contributed by atoms with van der Waals surface area (Å²) >= 11 is 0. The number of carbonyl (C=O) groups excluding carboxylic acids is 2. The summed E-state index contributed by atoms with van der Waals surface area (Å²) in [6.07, 6.45) is 0. The lowest BCUT2D eigenvalue weighted by atomic mass is 9.92. The van der Waals surface area contributed by atoms with Crippen LogP contribution in [0.2, 0.25) is 0 Å². The van der Waals surface area contributed by atoms with Crippen molar-refractivity contribution in [1.29, 1.82) is 0 Å². The third-order valence-corrected chi connectivity index (χ3v) is 4.43. The zero-order valence-electron chi connectivity index (χ0n) is 16.1. The van der Waals surface area contributed by atoms with Crippen LogP contribution in [0.1, 0.15) is 43.5 Å². The number of allylic oxidation sites excluding steroid dienone is 1. The molecule has 8 heteroatoms. The molecular weight excluding hydrogens is 358 g/mol. The molecule has 148 valence electrons. The van der Waals surface area contributed by atoms with Crippen molar-refractivity contribution in [2.45, 2.75) is 47.3 Å². The van der Waals surface area contributed by atoms with Crippen LogP contribution in [0.25, 0.3) is 0 Å². The summed E-state index contributed by atoms with van der Waals surface area (Å²) in [7, 11) is 0. The molecule has 0 saturated carbocycles. The van der Waals surface area contributed by atoms with E-state index in [1.165, 1.54) is 4.90 Å². The molecule has 0 aliphatic carbocycles.